The zero-order valence-electron chi connectivity index (χ0n) is 10.2. The molecule has 0 fully saturated rings. The van der Waals surface area contributed by atoms with Gasteiger partial charge in [-0.15, -0.1) is 0 Å². The van der Waals surface area contributed by atoms with Gasteiger partial charge < -0.3 is 14.5 Å². The topological polar surface area (TPSA) is 77.4 Å². The molecule has 6 nitrogen and oxygen atoms in total. The Balaban J connectivity index is 2.15. The monoisotopic (exact) mass is 300 g/mol. The van der Waals surface area contributed by atoms with E-state index < -0.39 is 22.5 Å². The van der Waals surface area contributed by atoms with Crippen molar-refractivity contribution in [1.29, 1.82) is 0 Å². The van der Waals surface area contributed by atoms with E-state index in [1.807, 2.05) is 4.98 Å². The predicted octanol–water partition coefficient (Wildman–Crippen LogP) is 3.34. The van der Waals surface area contributed by atoms with Gasteiger partial charge >= 0.3 is 11.9 Å². The summed E-state index contributed by atoms with van der Waals surface area (Å²) in [5, 5.41) is 11.0. The molecule has 2 aromatic rings. The molecule has 0 atom stereocenters. The van der Waals surface area contributed by atoms with Crippen molar-refractivity contribution in [3.63, 3.8) is 0 Å². The van der Waals surface area contributed by atoms with Crippen LogP contribution in [0.1, 0.15) is 5.69 Å². The van der Waals surface area contributed by atoms with Crippen molar-refractivity contribution in [2.75, 3.05) is 6.79 Å². The van der Waals surface area contributed by atoms with Crippen LogP contribution in [0.15, 0.2) is 24.4 Å². The lowest BCUT2D eigenvalue weighted by Gasteiger charge is -2.04. The van der Waals surface area contributed by atoms with Crippen LogP contribution in [0, 0.1) is 10.1 Å². The maximum absolute atomic E-state index is 12.8. The molecule has 1 aliphatic heterocycles. The minimum Gasteiger partial charge on any atom is -0.454 e. The first-order chi connectivity index (χ1) is 9.88. The van der Waals surface area contributed by atoms with Gasteiger partial charge in [-0.05, 0) is 17.7 Å². The molecule has 0 spiro atoms. The van der Waals surface area contributed by atoms with E-state index in [1.54, 1.807) is 0 Å². The highest BCUT2D eigenvalue weighted by molar-refractivity contribution is 5.77. The number of rotatable bonds is 2. The van der Waals surface area contributed by atoms with E-state index in [-0.39, 0.29) is 17.9 Å². The molecule has 0 saturated heterocycles. The number of alkyl halides is 3. The number of aromatic amines is 1. The third kappa shape index (κ3) is 2.16. The van der Waals surface area contributed by atoms with Crippen LogP contribution in [0.2, 0.25) is 0 Å². The summed E-state index contributed by atoms with van der Waals surface area (Å²) in [7, 11) is 0. The highest BCUT2D eigenvalue weighted by Crippen LogP contribution is 2.43. The lowest BCUT2D eigenvalue weighted by atomic mass is 10.1. The number of fused-ring (bicyclic) bond motifs is 1. The highest BCUT2D eigenvalue weighted by atomic mass is 19.4. The fourth-order valence-electron chi connectivity index (χ4n) is 2.11. The molecule has 1 aromatic heterocycles. The summed E-state index contributed by atoms with van der Waals surface area (Å²) >= 11 is 0. The molecule has 3 rings (SSSR count). The number of halogens is 3. The Morgan fingerprint density at radius 1 is 1.24 bits per heavy atom. The Bertz CT molecular complexity index is 724. The molecule has 0 saturated carbocycles. The van der Waals surface area contributed by atoms with Gasteiger partial charge in [0.15, 0.2) is 17.2 Å². The fraction of sp³-hybridized carbons (Fsp3) is 0.167. The maximum Gasteiger partial charge on any atom is 0.438 e. The molecule has 21 heavy (non-hydrogen) atoms. The van der Waals surface area contributed by atoms with Crippen LogP contribution in [-0.4, -0.2) is 16.7 Å². The van der Waals surface area contributed by atoms with Crippen LogP contribution in [-0.2, 0) is 6.18 Å². The molecule has 1 aromatic carbocycles. The Morgan fingerprint density at radius 3 is 2.62 bits per heavy atom. The van der Waals surface area contributed by atoms with E-state index in [0.717, 1.165) is 6.20 Å². The lowest BCUT2D eigenvalue weighted by Crippen LogP contribution is -2.08. The first kappa shape index (κ1) is 13.3. The van der Waals surface area contributed by atoms with E-state index in [2.05, 4.69) is 0 Å². The fourth-order valence-corrected chi connectivity index (χ4v) is 2.11. The summed E-state index contributed by atoms with van der Waals surface area (Å²) in [5.41, 5.74) is -2.33. The SMILES string of the molecule is O=[N+]([O-])c1c(-c2ccc3c(c2)OCO3)c[nH]c1C(F)(F)F. The van der Waals surface area contributed by atoms with Crippen molar-refractivity contribution in [1.82, 2.24) is 4.98 Å². The van der Waals surface area contributed by atoms with Crippen LogP contribution in [0.4, 0.5) is 18.9 Å². The minimum absolute atomic E-state index is 0.00180. The molecular weight excluding hydrogens is 293 g/mol. The van der Waals surface area contributed by atoms with Gasteiger partial charge in [-0.25, -0.2) is 0 Å². The number of hydrogen-bond acceptors (Lipinski definition) is 4. The van der Waals surface area contributed by atoms with E-state index >= 15 is 0 Å². The molecule has 2 heterocycles. The molecule has 0 unspecified atom stereocenters. The summed E-state index contributed by atoms with van der Waals surface area (Å²) in [6.45, 7) is 0.00180. The number of aromatic nitrogens is 1. The van der Waals surface area contributed by atoms with E-state index in [1.165, 1.54) is 18.2 Å². The van der Waals surface area contributed by atoms with Crippen molar-refractivity contribution >= 4 is 5.69 Å². The Labute approximate surface area is 115 Å². The third-order valence-corrected chi connectivity index (χ3v) is 3.00. The average Bonchev–Trinajstić information content (AvgIpc) is 3.03. The van der Waals surface area contributed by atoms with Gasteiger partial charge in [0.1, 0.15) is 0 Å². The van der Waals surface area contributed by atoms with Crippen LogP contribution in [0.3, 0.4) is 0 Å². The van der Waals surface area contributed by atoms with Gasteiger partial charge in [-0.2, -0.15) is 13.2 Å². The second-order valence-electron chi connectivity index (χ2n) is 4.25. The van der Waals surface area contributed by atoms with Crippen LogP contribution < -0.4 is 9.47 Å². The normalized spacial score (nSPS) is 13.5. The number of benzene rings is 1. The van der Waals surface area contributed by atoms with Gasteiger partial charge in [0, 0.05) is 6.20 Å². The molecule has 1 N–H and O–H groups in total. The van der Waals surface area contributed by atoms with Crippen molar-refractivity contribution in [3.05, 3.63) is 40.2 Å². The van der Waals surface area contributed by atoms with Crippen LogP contribution >= 0.6 is 0 Å². The number of nitro groups is 1. The van der Waals surface area contributed by atoms with Crippen molar-refractivity contribution in [2.45, 2.75) is 6.18 Å². The molecule has 0 amide bonds. The smallest absolute Gasteiger partial charge is 0.438 e. The van der Waals surface area contributed by atoms with E-state index in [4.69, 9.17) is 9.47 Å². The molecule has 0 aliphatic carbocycles. The summed E-state index contributed by atoms with van der Waals surface area (Å²) < 4.78 is 48.5. The number of ether oxygens (including phenoxy) is 2. The van der Waals surface area contributed by atoms with Crippen LogP contribution in [0.5, 0.6) is 11.5 Å². The predicted molar refractivity (Wildman–Crippen MR) is 64.0 cm³/mol. The van der Waals surface area contributed by atoms with E-state index in [0.29, 0.717) is 11.5 Å². The second-order valence-corrected chi connectivity index (χ2v) is 4.25. The molecule has 0 radical (unpaired) electrons. The van der Waals surface area contributed by atoms with Gasteiger partial charge in [-0.1, -0.05) is 6.07 Å². The molecule has 9 heteroatoms. The summed E-state index contributed by atoms with van der Waals surface area (Å²) in [4.78, 5) is 11.9. The zero-order chi connectivity index (χ0) is 15.2. The van der Waals surface area contributed by atoms with Crippen molar-refractivity contribution < 1.29 is 27.6 Å². The van der Waals surface area contributed by atoms with E-state index in [9.17, 15) is 23.3 Å². The second kappa shape index (κ2) is 4.40. The largest absolute Gasteiger partial charge is 0.454 e. The number of nitrogens with one attached hydrogen (secondary N) is 1. The Hall–Kier alpha value is -2.71. The number of hydrogen-bond donors (Lipinski definition) is 1. The van der Waals surface area contributed by atoms with Gasteiger partial charge in [0.05, 0.1) is 10.5 Å². The molecule has 1 aliphatic rings. The Morgan fingerprint density at radius 2 is 1.95 bits per heavy atom. The standard InChI is InChI=1S/C12H7F3N2O4/c13-12(14,15)11-10(17(18)19)7(4-16-11)6-1-2-8-9(3-6)21-5-20-8/h1-4,16H,5H2. The lowest BCUT2D eigenvalue weighted by molar-refractivity contribution is -0.387. The van der Waals surface area contributed by atoms with Crippen molar-refractivity contribution in [3.8, 4) is 22.6 Å². The summed E-state index contributed by atoms with van der Waals surface area (Å²) in [5.74, 6) is 0.768. The quantitative estimate of drug-likeness (QED) is 0.681. The number of H-pyrrole nitrogens is 1. The van der Waals surface area contributed by atoms with Gasteiger partial charge in [-0.3, -0.25) is 10.1 Å². The van der Waals surface area contributed by atoms with Crippen molar-refractivity contribution in [2.24, 2.45) is 0 Å². The summed E-state index contributed by atoms with van der Waals surface area (Å²) in [6, 6.07) is 4.32. The highest BCUT2D eigenvalue weighted by Gasteiger charge is 2.42. The van der Waals surface area contributed by atoms with Gasteiger partial charge in [0.2, 0.25) is 6.79 Å². The minimum atomic E-state index is -4.84. The molecular formula is C12H7F3N2O4. The third-order valence-electron chi connectivity index (χ3n) is 3.00. The zero-order valence-corrected chi connectivity index (χ0v) is 10.2. The van der Waals surface area contributed by atoms with Crippen LogP contribution in [0.25, 0.3) is 11.1 Å². The first-order valence-electron chi connectivity index (χ1n) is 5.71. The summed E-state index contributed by atoms with van der Waals surface area (Å²) in [6.07, 6.45) is -3.88. The molecule has 110 valence electrons. The first-order valence-corrected chi connectivity index (χ1v) is 5.71. The average molecular weight is 300 g/mol. The van der Waals surface area contributed by atoms with Gasteiger partial charge in [0.25, 0.3) is 0 Å². The maximum atomic E-state index is 12.8. The molecule has 0 bridgehead atoms. The number of nitrogens with zero attached hydrogens (tertiary/aromatic N) is 1. The Kier molecular flexibility index (Phi) is 2.78.